The van der Waals surface area contributed by atoms with Crippen LogP contribution in [0.1, 0.15) is 54.5 Å². The maximum absolute atomic E-state index is 12.2. The molecule has 1 heterocycles. The molecule has 0 aromatic carbocycles. The highest BCUT2D eigenvalue weighted by Crippen LogP contribution is 2.29. The third-order valence-corrected chi connectivity index (χ3v) is 3.90. The molecule has 1 amide bonds. The lowest BCUT2D eigenvalue weighted by molar-refractivity contribution is 0.0873. The second-order valence-electron chi connectivity index (χ2n) is 5.22. The summed E-state index contributed by atoms with van der Waals surface area (Å²) in [4.78, 5) is 12.2. The fraction of sp³-hybridized carbons (Fsp3) is 0.643. The number of amides is 1. The predicted molar refractivity (Wildman–Crippen MR) is 70.5 cm³/mol. The van der Waals surface area contributed by atoms with Gasteiger partial charge in [-0.15, -0.1) is 0 Å². The second-order valence-corrected chi connectivity index (χ2v) is 5.22. The number of aryl methyl sites for hydroxylation is 2. The van der Waals surface area contributed by atoms with Gasteiger partial charge in [-0.2, -0.15) is 0 Å². The molecule has 0 unspecified atom stereocenters. The molecular weight excluding hydrogens is 228 g/mol. The number of carbonyl (C=O) groups excluding carboxylic acids is 1. The van der Waals surface area contributed by atoms with Gasteiger partial charge in [0.15, 0.2) is 5.76 Å². The maximum atomic E-state index is 12.2. The van der Waals surface area contributed by atoms with Crippen molar-refractivity contribution in [3.8, 4) is 0 Å². The van der Waals surface area contributed by atoms with Gasteiger partial charge in [-0.25, -0.2) is 0 Å². The molecule has 100 valence electrons. The zero-order chi connectivity index (χ0) is 13.2. The number of carbonyl (C=O) groups is 1. The molecule has 0 atom stereocenters. The Morgan fingerprint density at radius 3 is 2.67 bits per heavy atom. The summed E-state index contributed by atoms with van der Waals surface area (Å²) in [6.45, 7) is 4.48. The van der Waals surface area contributed by atoms with Crippen molar-refractivity contribution in [3.05, 3.63) is 23.2 Å². The topological polar surface area (TPSA) is 68.3 Å². The minimum atomic E-state index is -0.218. The van der Waals surface area contributed by atoms with Crippen LogP contribution < -0.4 is 11.1 Å². The summed E-state index contributed by atoms with van der Waals surface area (Å²) in [5.41, 5.74) is 6.63. The van der Waals surface area contributed by atoms with Gasteiger partial charge in [-0.3, -0.25) is 4.79 Å². The molecule has 18 heavy (non-hydrogen) atoms. The van der Waals surface area contributed by atoms with E-state index in [1.165, 1.54) is 0 Å². The molecular formula is C14H22N2O2. The van der Waals surface area contributed by atoms with E-state index in [9.17, 15) is 4.79 Å². The van der Waals surface area contributed by atoms with Crippen molar-refractivity contribution in [1.82, 2.24) is 5.32 Å². The van der Waals surface area contributed by atoms with Crippen molar-refractivity contribution in [2.45, 2.75) is 51.5 Å². The Morgan fingerprint density at radius 2 is 2.17 bits per heavy atom. The molecule has 3 N–H and O–H groups in total. The van der Waals surface area contributed by atoms with Gasteiger partial charge in [0.2, 0.25) is 0 Å². The van der Waals surface area contributed by atoms with Crippen molar-refractivity contribution in [1.29, 1.82) is 0 Å². The minimum Gasteiger partial charge on any atom is -0.456 e. The number of rotatable bonds is 4. The predicted octanol–water partition coefficient (Wildman–Crippen LogP) is 2.15. The second kappa shape index (κ2) is 5.14. The fourth-order valence-electron chi connectivity index (χ4n) is 2.72. The van der Waals surface area contributed by atoms with Crippen molar-refractivity contribution in [2.24, 2.45) is 5.73 Å². The monoisotopic (exact) mass is 250 g/mol. The van der Waals surface area contributed by atoms with Gasteiger partial charge in [0.1, 0.15) is 5.76 Å². The molecule has 1 fully saturated rings. The molecule has 4 nitrogen and oxygen atoms in total. The maximum Gasteiger partial charge on any atom is 0.287 e. The van der Waals surface area contributed by atoms with E-state index in [4.69, 9.17) is 10.2 Å². The summed E-state index contributed by atoms with van der Waals surface area (Å²) in [6, 6.07) is 1.81. The Kier molecular flexibility index (Phi) is 3.76. The molecule has 0 saturated heterocycles. The van der Waals surface area contributed by atoms with Crippen molar-refractivity contribution in [3.63, 3.8) is 0 Å². The Labute approximate surface area is 108 Å². The fourth-order valence-corrected chi connectivity index (χ4v) is 2.72. The molecule has 1 saturated carbocycles. The first kappa shape index (κ1) is 13.1. The summed E-state index contributed by atoms with van der Waals surface area (Å²) in [5.74, 6) is 1.16. The van der Waals surface area contributed by atoms with Crippen LogP contribution in [0.4, 0.5) is 0 Å². The van der Waals surface area contributed by atoms with Crippen LogP contribution in [0.2, 0.25) is 0 Å². The summed E-state index contributed by atoms with van der Waals surface area (Å²) < 4.78 is 5.57. The number of furan rings is 1. The normalized spacial score (nSPS) is 17.9. The first-order valence-corrected chi connectivity index (χ1v) is 6.72. The average molecular weight is 250 g/mol. The minimum absolute atomic E-state index is 0.134. The van der Waals surface area contributed by atoms with Crippen molar-refractivity contribution >= 4 is 5.91 Å². The SMILES string of the molecule is CCc1oc(C(=O)NC2(CN)CCCC2)cc1C. The lowest BCUT2D eigenvalue weighted by Gasteiger charge is -2.28. The quantitative estimate of drug-likeness (QED) is 0.860. The molecule has 4 heteroatoms. The molecule has 1 aromatic rings. The summed E-state index contributed by atoms with van der Waals surface area (Å²) >= 11 is 0. The number of hydrogen-bond acceptors (Lipinski definition) is 3. The molecule has 1 aromatic heterocycles. The Morgan fingerprint density at radius 1 is 1.50 bits per heavy atom. The van der Waals surface area contributed by atoms with Gasteiger partial charge >= 0.3 is 0 Å². The highest BCUT2D eigenvalue weighted by atomic mass is 16.4. The molecule has 1 aliphatic carbocycles. The van der Waals surface area contributed by atoms with Crippen LogP contribution in [0.15, 0.2) is 10.5 Å². The average Bonchev–Trinajstić information content (AvgIpc) is 2.96. The summed E-state index contributed by atoms with van der Waals surface area (Å²) in [7, 11) is 0. The highest BCUT2D eigenvalue weighted by Gasteiger charge is 2.34. The van der Waals surface area contributed by atoms with Crippen LogP contribution >= 0.6 is 0 Å². The van der Waals surface area contributed by atoms with Crippen LogP contribution in [-0.4, -0.2) is 18.0 Å². The highest BCUT2D eigenvalue weighted by molar-refractivity contribution is 5.92. The van der Waals surface area contributed by atoms with E-state index in [1.54, 1.807) is 0 Å². The summed E-state index contributed by atoms with van der Waals surface area (Å²) in [6.07, 6.45) is 5.01. The zero-order valence-corrected chi connectivity index (χ0v) is 11.2. The van der Waals surface area contributed by atoms with Gasteiger partial charge < -0.3 is 15.5 Å². The Bertz CT molecular complexity index is 431. The number of nitrogens with two attached hydrogens (primary N) is 1. The Hall–Kier alpha value is -1.29. The first-order valence-electron chi connectivity index (χ1n) is 6.72. The van der Waals surface area contributed by atoms with E-state index >= 15 is 0 Å². The van der Waals surface area contributed by atoms with E-state index in [1.807, 2.05) is 19.9 Å². The van der Waals surface area contributed by atoms with Gasteiger partial charge in [0.05, 0.1) is 5.54 Å². The Balaban J connectivity index is 2.11. The van der Waals surface area contributed by atoms with Crippen LogP contribution in [0.3, 0.4) is 0 Å². The van der Waals surface area contributed by atoms with Gasteiger partial charge in [-0.05, 0) is 31.4 Å². The van der Waals surface area contributed by atoms with E-state index in [0.29, 0.717) is 12.3 Å². The molecule has 2 rings (SSSR count). The lowest BCUT2D eigenvalue weighted by Crippen LogP contribution is -2.51. The lowest BCUT2D eigenvalue weighted by atomic mass is 9.98. The van der Waals surface area contributed by atoms with Gasteiger partial charge in [0.25, 0.3) is 5.91 Å². The van der Waals surface area contributed by atoms with Crippen LogP contribution in [0.25, 0.3) is 0 Å². The zero-order valence-electron chi connectivity index (χ0n) is 11.2. The number of hydrogen-bond donors (Lipinski definition) is 2. The van der Waals surface area contributed by atoms with E-state index in [0.717, 1.165) is 43.4 Å². The van der Waals surface area contributed by atoms with Crippen LogP contribution in [-0.2, 0) is 6.42 Å². The number of nitrogens with one attached hydrogen (secondary N) is 1. The van der Waals surface area contributed by atoms with E-state index in [-0.39, 0.29) is 11.4 Å². The third kappa shape index (κ3) is 2.43. The van der Waals surface area contributed by atoms with Crippen LogP contribution in [0.5, 0.6) is 0 Å². The van der Waals surface area contributed by atoms with Gasteiger partial charge in [0, 0.05) is 13.0 Å². The third-order valence-electron chi connectivity index (χ3n) is 3.90. The molecule has 0 spiro atoms. The molecule has 1 aliphatic rings. The first-order chi connectivity index (χ1) is 8.60. The van der Waals surface area contributed by atoms with E-state index < -0.39 is 0 Å². The summed E-state index contributed by atoms with van der Waals surface area (Å²) in [5, 5.41) is 3.07. The molecule has 0 aliphatic heterocycles. The smallest absolute Gasteiger partial charge is 0.287 e. The largest absolute Gasteiger partial charge is 0.456 e. The molecule has 0 radical (unpaired) electrons. The van der Waals surface area contributed by atoms with E-state index in [2.05, 4.69) is 5.32 Å². The van der Waals surface area contributed by atoms with Crippen molar-refractivity contribution < 1.29 is 9.21 Å². The van der Waals surface area contributed by atoms with Crippen LogP contribution in [0, 0.1) is 6.92 Å². The van der Waals surface area contributed by atoms with Crippen molar-refractivity contribution in [2.75, 3.05) is 6.54 Å². The standard InChI is InChI=1S/C14H22N2O2/c1-3-11-10(2)8-12(18-11)13(17)16-14(9-15)6-4-5-7-14/h8H,3-7,9,15H2,1-2H3,(H,16,17). The molecule has 0 bridgehead atoms. The van der Waals surface area contributed by atoms with Gasteiger partial charge in [-0.1, -0.05) is 19.8 Å².